The van der Waals surface area contributed by atoms with Crippen molar-refractivity contribution in [2.24, 2.45) is 0 Å². The average Bonchev–Trinajstić information content (AvgIpc) is 3.14. The fraction of sp³-hybridized carbons (Fsp3) is 0.231. The minimum Gasteiger partial charge on any atom is -0.422 e. The molecule has 0 unspecified atom stereocenters. The molecule has 7 nitrogen and oxygen atoms in total. The average molecular weight is 519 g/mol. The van der Waals surface area contributed by atoms with Crippen LogP contribution in [-0.4, -0.2) is 29.2 Å². The number of anilines is 2. The van der Waals surface area contributed by atoms with Crippen LogP contribution in [0, 0.1) is 0 Å². The van der Waals surface area contributed by atoms with E-state index in [-0.39, 0.29) is 5.56 Å². The van der Waals surface area contributed by atoms with Gasteiger partial charge in [0.1, 0.15) is 11.1 Å². The first-order valence-electron chi connectivity index (χ1n) is 11.3. The summed E-state index contributed by atoms with van der Waals surface area (Å²) in [7, 11) is 0. The Bertz CT molecular complexity index is 1380. The van der Waals surface area contributed by atoms with Crippen LogP contribution in [0.4, 0.5) is 11.5 Å². The van der Waals surface area contributed by atoms with Crippen molar-refractivity contribution in [2.45, 2.75) is 25.7 Å². The van der Waals surface area contributed by atoms with Crippen LogP contribution < -0.4 is 15.8 Å². The molecule has 0 saturated carbocycles. The van der Waals surface area contributed by atoms with Crippen molar-refractivity contribution in [1.29, 1.82) is 0 Å². The molecule has 34 heavy (non-hydrogen) atoms. The highest BCUT2D eigenvalue weighted by Gasteiger charge is 2.15. The number of rotatable bonds is 4. The highest BCUT2D eigenvalue weighted by atomic mass is 79.9. The number of amides is 1. The highest BCUT2D eigenvalue weighted by molar-refractivity contribution is 9.10. The van der Waals surface area contributed by atoms with Crippen molar-refractivity contribution in [2.75, 3.05) is 23.3 Å². The zero-order valence-electron chi connectivity index (χ0n) is 18.5. The topological polar surface area (TPSA) is 88.3 Å². The molecule has 0 spiro atoms. The highest BCUT2D eigenvalue weighted by Crippen LogP contribution is 2.23. The Morgan fingerprint density at radius 1 is 0.912 bits per heavy atom. The summed E-state index contributed by atoms with van der Waals surface area (Å²) in [6, 6.07) is 18.1. The van der Waals surface area contributed by atoms with Crippen LogP contribution in [0.2, 0.25) is 0 Å². The summed E-state index contributed by atoms with van der Waals surface area (Å²) >= 11 is 3.39. The number of fused-ring (bicyclic) bond motifs is 1. The Balaban J connectivity index is 1.30. The van der Waals surface area contributed by atoms with Gasteiger partial charge >= 0.3 is 5.63 Å². The van der Waals surface area contributed by atoms with Crippen LogP contribution in [0.15, 0.2) is 74.3 Å². The van der Waals surface area contributed by atoms with Gasteiger partial charge in [-0.3, -0.25) is 4.79 Å². The summed E-state index contributed by atoms with van der Waals surface area (Å²) in [4.78, 5) is 27.3. The standard InChI is InChI=1S/C26H23BrN4O3/c27-19-7-11-23-18(15-19)16-21(26(33)34-23)25(32)28-20-8-5-17(6-9-20)22-10-12-24(30-29-22)31-13-3-1-2-4-14-31/h5-12,15-16H,1-4,13-14H2,(H,28,32). The number of benzene rings is 2. The third kappa shape index (κ3) is 4.87. The Morgan fingerprint density at radius 2 is 1.68 bits per heavy atom. The minimum absolute atomic E-state index is 0.0513. The van der Waals surface area contributed by atoms with Gasteiger partial charge in [0.05, 0.1) is 5.69 Å². The molecule has 1 N–H and O–H groups in total. The monoisotopic (exact) mass is 518 g/mol. The summed E-state index contributed by atoms with van der Waals surface area (Å²) in [5.74, 6) is 0.390. The number of nitrogens with zero attached hydrogens (tertiary/aromatic N) is 3. The first kappa shape index (κ1) is 22.3. The van der Waals surface area contributed by atoms with Crippen LogP contribution in [0.25, 0.3) is 22.2 Å². The molecule has 1 saturated heterocycles. The van der Waals surface area contributed by atoms with Crippen molar-refractivity contribution in [3.63, 3.8) is 0 Å². The summed E-state index contributed by atoms with van der Waals surface area (Å²) < 4.78 is 6.12. The number of carbonyl (C=O) groups excluding carboxylic acids is 1. The van der Waals surface area contributed by atoms with Gasteiger partial charge in [0.25, 0.3) is 5.91 Å². The largest absolute Gasteiger partial charge is 0.422 e. The Labute approximate surface area is 204 Å². The number of carbonyl (C=O) groups is 1. The molecule has 0 aliphatic carbocycles. The molecule has 172 valence electrons. The van der Waals surface area contributed by atoms with Gasteiger partial charge in [-0.1, -0.05) is 40.9 Å². The number of hydrogen-bond donors (Lipinski definition) is 1. The molecular weight excluding hydrogens is 496 g/mol. The second-order valence-electron chi connectivity index (χ2n) is 8.34. The van der Waals surface area contributed by atoms with E-state index < -0.39 is 11.5 Å². The molecule has 1 aliphatic rings. The summed E-state index contributed by atoms with van der Waals surface area (Å²) in [5.41, 5.74) is 1.92. The normalized spacial score (nSPS) is 14.1. The lowest BCUT2D eigenvalue weighted by atomic mass is 10.1. The third-order valence-corrected chi connectivity index (χ3v) is 6.45. The Hall–Kier alpha value is -3.52. The molecule has 2 aromatic carbocycles. The molecule has 2 aromatic heterocycles. The van der Waals surface area contributed by atoms with E-state index in [4.69, 9.17) is 4.42 Å². The van der Waals surface area contributed by atoms with Gasteiger partial charge in [0.15, 0.2) is 5.82 Å². The van der Waals surface area contributed by atoms with Crippen LogP contribution in [0.5, 0.6) is 0 Å². The van der Waals surface area contributed by atoms with E-state index in [0.29, 0.717) is 16.7 Å². The maximum atomic E-state index is 12.7. The zero-order valence-corrected chi connectivity index (χ0v) is 20.0. The van der Waals surface area contributed by atoms with E-state index in [1.54, 1.807) is 30.3 Å². The number of hydrogen-bond acceptors (Lipinski definition) is 6. The number of nitrogens with one attached hydrogen (secondary N) is 1. The van der Waals surface area contributed by atoms with E-state index in [2.05, 4.69) is 36.3 Å². The van der Waals surface area contributed by atoms with Gasteiger partial charge in [-0.25, -0.2) is 4.79 Å². The molecule has 1 amide bonds. The number of halogens is 1. The summed E-state index contributed by atoms with van der Waals surface area (Å²) in [6.45, 7) is 2.05. The van der Waals surface area contributed by atoms with Crippen LogP contribution in [0.3, 0.4) is 0 Å². The summed E-state index contributed by atoms with van der Waals surface area (Å²) in [6.07, 6.45) is 4.92. The van der Waals surface area contributed by atoms with Crippen LogP contribution in [0.1, 0.15) is 36.0 Å². The fourth-order valence-corrected chi connectivity index (χ4v) is 4.50. The van der Waals surface area contributed by atoms with Gasteiger partial charge in [-0.2, -0.15) is 0 Å². The predicted octanol–water partition coefficient (Wildman–Crippen LogP) is 5.65. The van der Waals surface area contributed by atoms with Gasteiger partial charge in [-0.15, -0.1) is 10.2 Å². The van der Waals surface area contributed by atoms with Gasteiger partial charge < -0.3 is 14.6 Å². The first-order chi connectivity index (χ1) is 16.6. The van der Waals surface area contributed by atoms with Gasteiger partial charge in [0, 0.05) is 34.2 Å². The lowest BCUT2D eigenvalue weighted by Gasteiger charge is -2.20. The molecule has 0 bridgehead atoms. The molecule has 1 aliphatic heterocycles. The second-order valence-corrected chi connectivity index (χ2v) is 9.25. The molecular formula is C26H23BrN4O3. The lowest BCUT2D eigenvalue weighted by Crippen LogP contribution is -2.25. The zero-order chi connectivity index (χ0) is 23.5. The van der Waals surface area contributed by atoms with E-state index in [1.807, 2.05) is 24.3 Å². The molecule has 5 rings (SSSR count). The maximum absolute atomic E-state index is 12.7. The second kappa shape index (κ2) is 9.77. The van der Waals surface area contributed by atoms with E-state index in [9.17, 15) is 9.59 Å². The molecule has 0 radical (unpaired) electrons. The smallest absolute Gasteiger partial charge is 0.349 e. The molecule has 3 heterocycles. The van der Waals surface area contributed by atoms with Crippen molar-refractivity contribution >= 4 is 44.3 Å². The maximum Gasteiger partial charge on any atom is 0.349 e. The molecule has 4 aromatic rings. The SMILES string of the molecule is O=C(Nc1ccc(-c2ccc(N3CCCCCC3)nn2)cc1)c1cc2cc(Br)ccc2oc1=O. The minimum atomic E-state index is -0.677. The van der Waals surface area contributed by atoms with E-state index in [0.717, 1.165) is 34.6 Å². The fourth-order valence-electron chi connectivity index (χ4n) is 4.12. The predicted molar refractivity (Wildman–Crippen MR) is 136 cm³/mol. The van der Waals surface area contributed by atoms with Crippen LogP contribution >= 0.6 is 15.9 Å². The van der Waals surface area contributed by atoms with E-state index in [1.165, 1.54) is 31.7 Å². The van der Waals surface area contributed by atoms with Crippen LogP contribution in [-0.2, 0) is 0 Å². The van der Waals surface area contributed by atoms with Crippen molar-refractivity contribution in [3.05, 3.63) is 81.1 Å². The van der Waals surface area contributed by atoms with E-state index >= 15 is 0 Å². The summed E-state index contributed by atoms with van der Waals surface area (Å²) in [5, 5.41) is 12.3. The molecule has 1 fully saturated rings. The molecule has 0 atom stereocenters. The van der Waals surface area contributed by atoms with Gasteiger partial charge in [-0.05, 0) is 61.4 Å². The number of aromatic nitrogens is 2. The van der Waals surface area contributed by atoms with Crippen molar-refractivity contribution in [1.82, 2.24) is 10.2 Å². The van der Waals surface area contributed by atoms with Gasteiger partial charge in [0.2, 0.25) is 0 Å². The Morgan fingerprint density at radius 3 is 2.38 bits per heavy atom. The first-order valence-corrected chi connectivity index (χ1v) is 12.1. The lowest BCUT2D eigenvalue weighted by molar-refractivity contribution is 0.102. The third-order valence-electron chi connectivity index (χ3n) is 5.96. The van der Waals surface area contributed by atoms with Crippen molar-refractivity contribution < 1.29 is 9.21 Å². The molecule has 8 heteroatoms. The van der Waals surface area contributed by atoms with Crippen molar-refractivity contribution in [3.8, 4) is 11.3 Å². The quantitative estimate of drug-likeness (QED) is 0.351. The Kier molecular flexibility index (Phi) is 6.40.